The Morgan fingerprint density at radius 3 is 3.19 bits per heavy atom. The van der Waals surface area contributed by atoms with Gasteiger partial charge in [-0.2, -0.15) is 0 Å². The summed E-state index contributed by atoms with van der Waals surface area (Å²) in [6.07, 6.45) is 5.76. The Labute approximate surface area is 149 Å². The highest BCUT2D eigenvalue weighted by Crippen LogP contribution is 2.21. The van der Waals surface area contributed by atoms with Crippen LogP contribution in [0.5, 0.6) is 5.75 Å². The SMILES string of the molecule is O=C(NCc1ccncc1O[C@H]1CCNC1)c1cc(F)cc2[nH]cnc12. The van der Waals surface area contributed by atoms with Crippen LogP contribution in [0, 0.1) is 5.82 Å². The van der Waals surface area contributed by atoms with E-state index < -0.39 is 11.7 Å². The lowest BCUT2D eigenvalue weighted by Crippen LogP contribution is -2.25. The molecular weight excluding hydrogens is 337 g/mol. The van der Waals surface area contributed by atoms with Gasteiger partial charge in [0.05, 0.1) is 23.6 Å². The first-order valence-corrected chi connectivity index (χ1v) is 8.42. The van der Waals surface area contributed by atoms with Crippen molar-refractivity contribution in [1.29, 1.82) is 0 Å². The van der Waals surface area contributed by atoms with Crippen LogP contribution in [-0.2, 0) is 6.54 Å². The van der Waals surface area contributed by atoms with Gasteiger partial charge in [0.1, 0.15) is 23.2 Å². The van der Waals surface area contributed by atoms with Crippen molar-refractivity contribution in [1.82, 2.24) is 25.6 Å². The van der Waals surface area contributed by atoms with Gasteiger partial charge in [-0.15, -0.1) is 0 Å². The molecule has 0 spiro atoms. The summed E-state index contributed by atoms with van der Waals surface area (Å²) in [7, 11) is 0. The van der Waals surface area contributed by atoms with Gasteiger partial charge < -0.3 is 20.4 Å². The molecule has 1 fully saturated rings. The Balaban J connectivity index is 1.50. The third-order valence-corrected chi connectivity index (χ3v) is 4.35. The van der Waals surface area contributed by atoms with Crippen LogP contribution in [0.3, 0.4) is 0 Å². The Kier molecular flexibility index (Phi) is 4.49. The van der Waals surface area contributed by atoms with E-state index in [4.69, 9.17) is 4.74 Å². The number of aromatic nitrogens is 3. The number of nitrogens with one attached hydrogen (secondary N) is 3. The summed E-state index contributed by atoms with van der Waals surface area (Å²) in [5, 5.41) is 6.05. The van der Waals surface area contributed by atoms with Crippen LogP contribution in [0.25, 0.3) is 11.0 Å². The van der Waals surface area contributed by atoms with Crippen LogP contribution >= 0.6 is 0 Å². The molecule has 4 rings (SSSR count). The number of nitrogens with zero attached hydrogens (tertiary/aromatic N) is 2. The number of fused-ring (bicyclic) bond motifs is 1. The molecule has 1 aromatic carbocycles. The van der Waals surface area contributed by atoms with Crippen LogP contribution in [0.1, 0.15) is 22.3 Å². The average Bonchev–Trinajstić information content (AvgIpc) is 3.31. The van der Waals surface area contributed by atoms with E-state index in [-0.39, 0.29) is 18.2 Å². The number of amides is 1. The van der Waals surface area contributed by atoms with Crippen LogP contribution in [-0.4, -0.2) is 40.1 Å². The number of H-pyrrole nitrogens is 1. The molecule has 134 valence electrons. The normalized spacial score (nSPS) is 16.7. The first kappa shape index (κ1) is 16.5. The lowest BCUT2D eigenvalue weighted by molar-refractivity contribution is 0.0951. The first-order chi connectivity index (χ1) is 12.7. The minimum atomic E-state index is -0.492. The summed E-state index contributed by atoms with van der Waals surface area (Å²) in [5.74, 6) is -0.244. The number of hydrogen-bond donors (Lipinski definition) is 3. The molecule has 1 aliphatic heterocycles. The maximum atomic E-state index is 13.7. The Morgan fingerprint density at radius 1 is 1.42 bits per heavy atom. The molecule has 3 aromatic rings. The predicted molar refractivity (Wildman–Crippen MR) is 93.4 cm³/mol. The van der Waals surface area contributed by atoms with Crippen molar-refractivity contribution in [2.24, 2.45) is 0 Å². The van der Waals surface area contributed by atoms with Gasteiger partial charge in [0.25, 0.3) is 5.91 Å². The minimum Gasteiger partial charge on any atom is -0.487 e. The highest BCUT2D eigenvalue weighted by molar-refractivity contribution is 6.04. The Morgan fingerprint density at radius 2 is 2.35 bits per heavy atom. The number of carbonyl (C=O) groups excluding carboxylic acids is 1. The molecular formula is C18H18FN5O2. The Hall–Kier alpha value is -3.00. The standard InChI is InChI=1S/C18H18FN5O2/c19-12-5-14(17-15(6-12)23-10-24-17)18(25)22-7-11-1-3-21-9-16(11)26-13-2-4-20-8-13/h1,3,5-6,9-10,13,20H,2,4,7-8H2,(H,22,25)(H,23,24)/t13-/m0/s1. The largest absolute Gasteiger partial charge is 0.487 e. The second-order valence-corrected chi connectivity index (χ2v) is 6.15. The van der Waals surface area contributed by atoms with E-state index in [0.29, 0.717) is 16.8 Å². The highest BCUT2D eigenvalue weighted by Gasteiger charge is 2.18. The zero-order valence-electron chi connectivity index (χ0n) is 14.0. The van der Waals surface area contributed by atoms with Crippen molar-refractivity contribution < 1.29 is 13.9 Å². The molecule has 1 saturated heterocycles. The topological polar surface area (TPSA) is 91.9 Å². The fourth-order valence-electron chi connectivity index (χ4n) is 3.03. The van der Waals surface area contributed by atoms with Gasteiger partial charge in [-0.25, -0.2) is 9.37 Å². The molecule has 0 radical (unpaired) electrons. The van der Waals surface area contributed by atoms with E-state index in [2.05, 4.69) is 25.6 Å². The summed E-state index contributed by atoms with van der Waals surface area (Å²) in [6, 6.07) is 4.30. The van der Waals surface area contributed by atoms with Gasteiger partial charge in [0, 0.05) is 24.8 Å². The number of aromatic amines is 1. The number of benzene rings is 1. The quantitative estimate of drug-likeness (QED) is 0.649. The number of hydrogen-bond acceptors (Lipinski definition) is 5. The molecule has 26 heavy (non-hydrogen) atoms. The maximum Gasteiger partial charge on any atom is 0.253 e. The summed E-state index contributed by atoms with van der Waals surface area (Å²) in [5.41, 5.74) is 1.93. The third kappa shape index (κ3) is 3.36. The summed E-state index contributed by atoms with van der Waals surface area (Å²) in [4.78, 5) is 23.5. The monoisotopic (exact) mass is 355 g/mol. The number of carbonyl (C=O) groups is 1. The predicted octanol–water partition coefficient (Wildman–Crippen LogP) is 1.77. The van der Waals surface area contributed by atoms with E-state index in [1.807, 2.05) is 0 Å². The van der Waals surface area contributed by atoms with Crippen LogP contribution < -0.4 is 15.4 Å². The zero-order chi connectivity index (χ0) is 17.9. The first-order valence-electron chi connectivity index (χ1n) is 8.42. The molecule has 1 atom stereocenters. The summed E-state index contributed by atoms with van der Waals surface area (Å²) in [6.45, 7) is 1.97. The van der Waals surface area contributed by atoms with Crippen molar-refractivity contribution in [3.63, 3.8) is 0 Å². The molecule has 0 unspecified atom stereocenters. The second kappa shape index (κ2) is 7.09. The van der Waals surface area contributed by atoms with E-state index in [1.165, 1.54) is 18.5 Å². The second-order valence-electron chi connectivity index (χ2n) is 6.15. The van der Waals surface area contributed by atoms with E-state index >= 15 is 0 Å². The molecule has 0 aliphatic carbocycles. The smallest absolute Gasteiger partial charge is 0.253 e. The van der Waals surface area contributed by atoms with Crippen molar-refractivity contribution in [3.8, 4) is 5.75 Å². The number of halogens is 1. The van der Waals surface area contributed by atoms with E-state index in [9.17, 15) is 9.18 Å². The lowest BCUT2D eigenvalue weighted by atomic mass is 10.1. The number of ether oxygens (including phenoxy) is 1. The fourth-order valence-corrected chi connectivity index (χ4v) is 3.03. The van der Waals surface area contributed by atoms with E-state index in [1.54, 1.807) is 18.5 Å². The van der Waals surface area contributed by atoms with Crippen molar-refractivity contribution in [2.75, 3.05) is 13.1 Å². The van der Waals surface area contributed by atoms with Gasteiger partial charge in [0.15, 0.2) is 0 Å². The van der Waals surface area contributed by atoms with Crippen LogP contribution in [0.15, 0.2) is 36.9 Å². The molecule has 3 N–H and O–H groups in total. The lowest BCUT2D eigenvalue weighted by Gasteiger charge is -2.16. The van der Waals surface area contributed by atoms with Gasteiger partial charge in [0.2, 0.25) is 0 Å². The Bertz CT molecular complexity index is 936. The van der Waals surface area contributed by atoms with Gasteiger partial charge >= 0.3 is 0 Å². The zero-order valence-corrected chi connectivity index (χ0v) is 14.0. The average molecular weight is 355 g/mol. The summed E-state index contributed by atoms with van der Waals surface area (Å²) < 4.78 is 19.7. The van der Waals surface area contributed by atoms with Gasteiger partial charge in [-0.3, -0.25) is 9.78 Å². The minimum absolute atomic E-state index is 0.0977. The van der Waals surface area contributed by atoms with Gasteiger partial charge in [-0.1, -0.05) is 0 Å². The molecule has 0 saturated carbocycles. The molecule has 7 nitrogen and oxygen atoms in total. The summed E-state index contributed by atoms with van der Waals surface area (Å²) >= 11 is 0. The number of pyridine rings is 1. The molecule has 0 bridgehead atoms. The third-order valence-electron chi connectivity index (χ3n) is 4.35. The van der Waals surface area contributed by atoms with Crippen molar-refractivity contribution >= 4 is 16.9 Å². The van der Waals surface area contributed by atoms with Crippen molar-refractivity contribution in [2.45, 2.75) is 19.1 Å². The fraction of sp³-hybridized carbons (Fsp3) is 0.278. The maximum absolute atomic E-state index is 13.7. The van der Waals surface area contributed by atoms with Gasteiger partial charge in [-0.05, 0) is 31.2 Å². The molecule has 3 heterocycles. The molecule has 1 aliphatic rings. The number of imidazole rings is 1. The van der Waals surface area contributed by atoms with Crippen LogP contribution in [0.4, 0.5) is 4.39 Å². The van der Waals surface area contributed by atoms with Crippen molar-refractivity contribution in [3.05, 3.63) is 53.9 Å². The number of rotatable bonds is 5. The molecule has 1 amide bonds. The van der Waals surface area contributed by atoms with Crippen LogP contribution in [0.2, 0.25) is 0 Å². The molecule has 2 aromatic heterocycles. The highest BCUT2D eigenvalue weighted by atomic mass is 19.1. The van der Waals surface area contributed by atoms with E-state index in [0.717, 1.165) is 25.1 Å². The molecule has 8 heteroatoms.